The average molecular weight is 200 g/mol. The van der Waals surface area contributed by atoms with Crippen LogP contribution in [0.5, 0.6) is 0 Å². The highest BCUT2D eigenvalue weighted by molar-refractivity contribution is 5.74. The highest BCUT2D eigenvalue weighted by Gasteiger charge is 2.46. The Morgan fingerprint density at radius 1 is 1.50 bits per heavy atom. The van der Waals surface area contributed by atoms with Crippen LogP contribution in [0.25, 0.3) is 0 Å². The molecule has 0 amide bonds. The molecule has 0 bridgehead atoms. The zero-order chi connectivity index (χ0) is 10.9. The van der Waals surface area contributed by atoms with Crippen molar-refractivity contribution < 1.29 is 14.6 Å². The lowest BCUT2D eigenvalue weighted by Gasteiger charge is -2.33. The van der Waals surface area contributed by atoms with Crippen LogP contribution in [0.2, 0.25) is 0 Å². The van der Waals surface area contributed by atoms with Crippen LogP contribution in [0.4, 0.5) is 0 Å². The lowest BCUT2D eigenvalue weighted by molar-refractivity contribution is -0.155. The molecule has 0 spiro atoms. The maximum Gasteiger partial charge on any atom is 0.334 e. The minimum Gasteiger partial charge on any atom is -0.467 e. The van der Waals surface area contributed by atoms with Gasteiger partial charge in [-0.3, -0.25) is 0 Å². The molecule has 1 aliphatic carbocycles. The molecule has 3 atom stereocenters. The van der Waals surface area contributed by atoms with Crippen LogP contribution in [0.15, 0.2) is 0 Å². The zero-order valence-corrected chi connectivity index (χ0v) is 9.41. The summed E-state index contributed by atoms with van der Waals surface area (Å²) in [4.78, 5) is 11.2. The Hall–Kier alpha value is -0.570. The van der Waals surface area contributed by atoms with Crippen LogP contribution >= 0.6 is 0 Å². The van der Waals surface area contributed by atoms with E-state index < -0.39 is 12.1 Å². The lowest BCUT2D eigenvalue weighted by atomic mass is 9.74. The number of aliphatic hydroxyl groups excluding tert-OH is 1. The number of ether oxygens (including phenoxy) is 1. The van der Waals surface area contributed by atoms with Crippen LogP contribution < -0.4 is 0 Å². The number of esters is 1. The number of methoxy groups -OCH3 is 1. The number of rotatable bonds is 2. The third-order valence-corrected chi connectivity index (χ3v) is 3.96. The second-order valence-corrected chi connectivity index (χ2v) is 4.87. The molecule has 1 saturated carbocycles. The van der Waals surface area contributed by atoms with Crippen molar-refractivity contribution in [3.8, 4) is 0 Å². The molecule has 0 aromatic rings. The summed E-state index contributed by atoms with van der Waals surface area (Å²) in [6, 6.07) is 0. The molecule has 0 heterocycles. The smallest absolute Gasteiger partial charge is 0.334 e. The molecule has 1 N–H and O–H groups in total. The van der Waals surface area contributed by atoms with E-state index in [9.17, 15) is 9.90 Å². The molecule has 0 radical (unpaired) electrons. The highest BCUT2D eigenvalue weighted by atomic mass is 16.5. The summed E-state index contributed by atoms with van der Waals surface area (Å²) in [5, 5.41) is 9.80. The van der Waals surface area contributed by atoms with Gasteiger partial charge in [0.15, 0.2) is 6.10 Å². The van der Waals surface area contributed by atoms with Gasteiger partial charge in [0.2, 0.25) is 0 Å². The molecule has 0 unspecified atom stereocenters. The first kappa shape index (κ1) is 11.5. The van der Waals surface area contributed by atoms with E-state index in [-0.39, 0.29) is 11.3 Å². The van der Waals surface area contributed by atoms with E-state index in [1.165, 1.54) is 7.11 Å². The molecule has 3 heteroatoms. The second kappa shape index (κ2) is 3.89. The summed E-state index contributed by atoms with van der Waals surface area (Å²) in [5.41, 5.74) is 0.0214. The van der Waals surface area contributed by atoms with Crippen molar-refractivity contribution in [1.29, 1.82) is 0 Å². The maximum atomic E-state index is 11.2. The standard InChI is InChI=1S/C11H20O3/c1-7-5-6-8(11(7,2)3)9(12)10(13)14-4/h7-9,12H,5-6H2,1-4H3/t7-,8+,9+/m1/s1. The second-order valence-electron chi connectivity index (χ2n) is 4.87. The Bertz CT molecular complexity index is 223. The van der Waals surface area contributed by atoms with Crippen LogP contribution in [-0.2, 0) is 9.53 Å². The van der Waals surface area contributed by atoms with Crippen molar-refractivity contribution in [1.82, 2.24) is 0 Å². The quantitative estimate of drug-likeness (QED) is 0.689. The van der Waals surface area contributed by atoms with Gasteiger partial charge in [-0.2, -0.15) is 0 Å². The fourth-order valence-electron chi connectivity index (χ4n) is 2.39. The number of hydrogen-bond acceptors (Lipinski definition) is 3. The normalized spacial score (nSPS) is 32.6. The minimum atomic E-state index is -0.958. The first-order valence-electron chi connectivity index (χ1n) is 5.17. The van der Waals surface area contributed by atoms with Crippen LogP contribution in [0.3, 0.4) is 0 Å². The van der Waals surface area contributed by atoms with Crippen molar-refractivity contribution in [2.75, 3.05) is 7.11 Å². The van der Waals surface area contributed by atoms with Gasteiger partial charge in [-0.05, 0) is 24.2 Å². The minimum absolute atomic E-state index is 0.0214. The van der Waals surface area contributed by atoms with Gasteiger partial charge in [0.05, 0.1) is 7.11 Å². The first-order valence-corrected chi connectivity index (χ1v) is 5.17. The molecule has 82 valence electrons. The van der Waals surface area contributed by atoms with Crippen molar-refractivity contribution in [2.45, 2.75) is 39.7 Å². The molecule has 1 fully saturated rings. The molecule has 0 aliphatic heterocycles. The summed E-state index contributed by atoms with van der Waals surface area (Å²) in [7, 11) is 1.32. The number of carbonyl (C=O) groups is 1. The molecular formula is C11H20O3. The van der Waals surface area contributed by atoms with Crippen molar-refractivity contribution in [3.63, 3.8) is 0 Å². The Morgan fingerprint density at radius 3 is 2.43 bits per heavy atom. The number of carbonyl (C=O) groups excluding carboxylic acids is 1. The van der Waals surface area contributed by atoms with E-state index >= 15 is 0 Å². The molecule has 14 heavy (non-hydrogen) atoms. The van der Waals surface area contributed by atoms with Gasteiger partial charge in [0.25, 0.3) is 0 Å². The fourth-order valence-corrected chi connectivity index (χ4v) is 2.39. The third-order valence-electron chi connectivity index (χ3n) is 3.96. The van der Waals surface area contributed by atoms with Crippen LogP contribution in [-0.4, -0.2) is 24.3 Å². The predicted molar refractivity (Wildman–Crippen MR) is 53.7 cm³/mol. The predicted octanol–water partition coefficient (Wildman–Crippen LogP) is 1.59. The average Bonchev–Trinajstić information content (AvgIpc) is 2.40. The molecular weight excluding hydrogens is 180 g/mol. The Balaban J connectivity index is 2.74. The summed E-state index contributed by atoms with van der Waals surface area (Å²) >= 11 is 0. The van der Waals surface area contributed by atoms with E-state index in [1.807, 2.05) is 0 Å². The summed E-state index contributed by atoms with van der Waals surface area (Å²) in [5.74, 6) is 0.0777. The van der Waals surface area contributed by atoms with Crippen molar-refractivity contribution >= 4 is 5.97 Å². The largest absolute Gasteiger partial charge is 0.467 e. The van der Waals surface area contributed by atoms with E-state index in [0.717, 1.165) is 12.8 Å². The van der Waals surface area contributed by atoms with Gasteiger partial charge in [0.1, 0.15) is 0 Å². The van der Waals surface area contributed by atoms with Gasteiger partial charge in [-0.15, -0.1) is 0 Å². The van der Waals surface area contributed by atoms with Crippen molar-refractivity contribution in [3.05, 3.63) is 0 Å². The third kappa shape index (κ3) is 1.78. The topological polar surface area (TPSA) is 46.5 Å². The van der Waals surface area contributed by atoms with Gasteiger partial charge in [-0.1, -0.05) is 20.8 Å². The van der Waals surface area contributed by atoms with E-state index in [4.69, 9.17) is 0 Å². The van der Waals surface area contributed by atoms with Crippen molar-refractivity contribution in [2.24, 2.45) is 17.3 Å². The summed E-state index contributed by atoms with van der Waals surface area (Å²) in [6.45, 7) is 6.40. The van der Waals surface area contributed by atoms with E-state index in [1.54, 1.807) is 0 Å². The van der Waals surface area contributed by atoms with Gasteiger partial charge >= 0.3 is 5.97 Å². The number of hydrogen-bond donors (Lipinski definition) is 1. The van der Waals surface area contributed by atoms with Crippen LogP contribution in [0.1, 0.15) is 33.6 Å². The van der Waals surface area contributed by atoms with E-state index in [0.29, 0.717) is 5.92 Å². The Kier molecular flexibility index (Phi) is 3.20. The molecule has 0 aromatic carbocycles. The molecule has 1 rings (SSSR count). The Labute approximate surface area is 85.5 Å². The number of aliphatic hydroxyl groups is 1. The molecule has 0 aromatic heterocycles. The van der Waals surface area contributed by atoms with Gasteiger partial charge < -0.3 is 9.84 Å². The molecule has 3 nitrogen and oxygen atoms in total. The SMILES string of the molecule is COC(=O)[C@@H](O)[C@@H]1CC[C@@H](C)C1(C)C. The molecule has 0 saturated heterocycles. The van der Waals surface area contributed by atoms with Gasteiger partial charge in [-0.25, -0.2) is 4.79 Å². The summed E-state index contributed by atoms with van der Waals surface area (Å²) in [6.07, 6.45) is 1.02. The highest BCUT2D eigenvalue weighted by Crippen LogP contribution is 2.48. The first-order chi connectivity index (χ1) is 6.41. The van der Waals surface area contributed by atoms with Crippen LogP contribution in [0, 0.1) is 17.3 Å². The Morgan fingerprint density at radius 2 is 2.07 bits per heavy atom. The summed E-state index contributed by atoms with van der Waals surface area (Å²) < 4.78 is 4.56. The monoisotopic (exact) mass is 200 g/mol. The van der Waals surface area contributed by atoms with Gasteiger partial charge in [0, 0.05) is 5.92 Å². The maximum absolute atomic E-state index is 11.2. The zero-order valence-electron chi connectivity index (χ0n) is 9.41. The molecule has 1 aliphatic rings. The van der Waals surface area contributed by atoms with E-state index in [2.05, 4.69) is 25.5 Å². The fraction of sp³-hybridized carbons (Fsp3) is 0.909. The lowest BCUT2D eigenvalue weighted by Crippen LogP contribution is -2.38.